The van der Waals surface area contributed by atoms with Crippen LogP contribution >= 0.6 is 0 Å². The SMILES string of the molecule is COc1ccc([C@@]23CC[C@@H](NC(=O)Nc4ccc(-c5ccccc5)cc4)C[C@@H]2N(C)CC3)cc1OC. The summed E-state index contributed by atoms with van der Waals surface area (Å²) in [5.74, 6) is 1.53. The van der Waals surface area contributed by atoms with Crippen LogP contribution in [0.5, 0.6) is 11.5 Å². The minimum atomic E-state index is -0.147. The maximum atomic E-state index is 12.8. The zero-order valence-corrected chi connectivity index (χ0v) is 21.3. The van der Waals surface area contributed by atoms with Gasteiger partial charge in [-0.15, -0.1) is 0 Å². The molecule has 3 atom stereocenters. The van der Waals surface area contributed by atoms with Crippen LogP contribution in [0.2, 0.25) is 0 Å². The van der Waals surface area contributed by atoms with Crippen LogP contribution in [0.3, 0.4) is 0 Å². The molecule has 5 rings (SSSR count). The van der Waals surface area contributed by atoms with E-state index in [-0.39, 0.29) is 17.5 Å². The Balaban J connectivity index is 1.24. The van der Waals surface area contributed by atoms with Crippen molar-refractivity contribution >= 4 is 11.7 Å². The van der Waals surface area contributed by atoms with Crippen LogP contribution in [0.25, 0.3) is 11.1 Å². The first-order valence-electron chi connectivity index (χ1n) is 12.7. The van der Waals surface area contributed by atoms with E-state index in [0.29, 0.717) is 6.04 Å². The van der Waals surface area contributed by atoms with Gasteiger partial charge in [-0.1, -0.05) is 48.5 Å². The van der Waals surface area contributed by atoms with Crippen molar-refractivity contribution in [2.45, 2.75) is 43.2 Å². The number of nitrogens with zero attached hydrogens (tertiary/aromatic N) is 1. The van der Waals surface area contributed by atoms with Crippen LogP contribution < -0.4 is 20.1 Å². The first kappa shape index (κ1) is 24.2. The zero-order valence-electron chi connectivity index (χ0n) is 21.3. The predicted molar refractivity (Wildman–Crippen MR) is 144 cm³/mol. The fourth-order valence-corrected chi connectivity index (χ4v) is 6.12. The van der Waals surface area contributed by atoms with Gasteiger partial charge in [0.25, 0.3) is 0 Å². The maximum absolute atomic E-state index is 12.8. The summed E-state index contributed by atoms with van der Waals surface area (Å²) in [7, 11) is 5.55. The van der Waals surface area contributed by atoms with Gasteiger partial charge in [0, 0.05) is 23.2 Å². The van der Waals surface area contributed by atoms with E-state index in [1.165, 1.54) is 5.56 Å². The second-order valence-electron chi connectivity index (χ2n) is 9.99. The average Bonchev–Trinajstić information content (AvgIpc) is 3.26. The molecule has 3 aromatic carbocycles. The Bertz CT molecular complexity index is 1200. The molecular formula is C30H35N3O3. The quantitative estimate of drug-likeness (QED) is 0.471. The molecule has 188 valence electrons. The highest BCUT2D eigenvalue weighted by atomic mass is 16.5. The lowest BCUT2D eigenvalue weighted by molar-refractivity contribution is 0.156. The van der Waals surface area contributed by atoms with Crippen LogP contribution in [0.4, 0.5) is 10.5 Å². The number of hydrogen-bond donors (Lipinski definition) is 2. The van der Waals surface area contributed by atoms with E-state index in [1.807, 2.05) is 48.5 Å². The van der Waals surface area contributed by atoms with Gasteiger partial charge in [-0.2, -0.15) is 0 Å². The fraction of sp³-hybridized carbons (Fsp3) is 0.367. The summed E-state index contributed by atoms with van der Waals surface area (Å²) in [5, 5.41) is 6.25. The molecule has 0 radical (unpaired) electrons. The number of amides is 2. The summed E-state index contributed by atoms with van der Waals surface area (Å²) in [6, 6.07) is 24.9. The van der Waals surface area contributed by atoms with E-state index in [9.17, 15) is 4.79 Å². The molecule has 1 aliphatic heterocycles. The van der Waals surface area contributed by atoms with Crippen molar-refractivity contribution < 1.29 is 14.3 Å². The van der Waals surface area contributed by atoms with Crippen LogP contribution in [0, 0.1) is 0 Å². The van der Waals surface area contributed by atoms with Crippen molar-refractivity contribution in [3.63, 3.8) is 0 Å². The number of urea groups is 1. The molecule has 1 aliphatic carbocycles. The number of fused-ring (bicyclic) bond motifs is 1. The van der Waals surface area contributed by atoms with E-state index in [4.69, 9.17) is 9.47 Å². The zero-order chi connectivity index (χ0) is 25.1. The van der Waals surface area contributed by atoms with Crippen molar-refractivity contribution in [2.75, 3.05) is 33.1 Å². The smallest absolute Gasteiger partial charge is 0.319 e. The van der Waals surface area contributed by atoms with Crippen molar-refractivity contribution in [3.8, 4) is 22.6 Å². The number of nitrogens with one attached hydrogen (secondary N) is 2. The van der Waals surface area contributed by atoms with Crippen molar-refractivity contribution in [1.82, 2.24) is 10.2 Å². The first-order valence-corrected chi connectivity index (χ1v) is 12.7. The lowest BCUT2D eigenvalue weighted by atomic mass is 9.65. The molecule has 3 aromatic rings. The molecule has 2 aliphatic rings. The number of likely N-dealkylation sites (tertiary alicyclic amines) is 1. The molecule has 2 fully saturated rings. The lowest BCUT2D eigenvalue weighted by Gasteiger charge is -2.45. The Kier molecular flexibility index (Phi) is 6.88. The normalized spacial score (nSPS) is 23.5. The van der Waals surface area contributed by atoms with E-state index >= 15 is 0 Å². The Labute approximate surface area is 213 Å². The Morgan fingerprint density at radius 3 is 2.36 bits per heavy atom. The number of likely N-dealkylation sites (N-methyl/N-ethyl adjacent to an activating group) is 1. The standard InChI is InChI=1S/C30H35N3O3/c1-33-18-17-30(23-11-14-26(35-2)27(19-23)36-3)16-15-25(20-28(30)33)32-29(34)31-24-12-9-22(10-13-24)21-7-5-4-6-8-21/h4-14,19,25,28H,15-18,20H2,1-3H3,(H2,31,32,34)/t25-,28+,30+/m1/s1. The Hall–Kier alpha value is -3.51. The van der Waals surface area contributed by atoms with E-state index in [1.54, 1.807) is 14.2 Å². The predicted octanol–water partition coefficient (Wildman–Crippen LogP) is 5.69. The molecule has 36 heavy (non-hydrogen) atoms. The van der Waals surface area contributed by atoms with Gasteiger partial charge in [0.1, 0.15) is 0 Å². The molecule has 1 heterocycles. The van der Waals surface area contributed by atoms with E-state index in [2.05, 4.69) is 46.8 Å². The van der Waals surface area contributed by atoms with E-state index in [0.717, 1.165) is 60.5 Å². The van der Waals surface area contributed by atoms with Gasteiger partial charge in [-0.05, 0) is 80.2 Å². The number of methoxy groups -OCH3 is 2. The first-order chi connectivity index (χ1) is 17.5. The lowest BCUT2D eigenvalue weighted by Crippen LogP contribution is -2.52. The van der Waals surface area contributed by atoms with Crippen LogP contribution in [-0.4, -0.2) is 50.8 Å². The second kappa shape index (κ2) is 10.2. The Morgan fingerprint density at radius 2 is 1.64 bits per heavy atom. The minimum absolute atomic E-state index is 0.0657. The number of carbonyl (C=O) groups is 1. The summed E-state index contributed by atoms with van der Waals surface area (Å²) in [6.07, 6.45) is 3.99. The molecule has 0 spiro atoms. The van der Waals surface area contributed by atoms with Crippen LogP contribution in [0.1, 0.15) is 31.2 Å². The summed E-state index contributed by atoms with van der Waals surface area (Å²) in [5.41, 5.74) is 4.45. The molecule has 2 amide bonds. The largest absolute Gasteiger partial charge is 0.493 e. The molecule has 6 nitrogen and oxygen atoms in total. The average molecular weight is 486 g/mol. The molecule has 1 saturated heterocycles. The summed E-state index contributed by atoms with van der Waals surface area (Å²) >= 11 is 0. The summed E-state index contributed by atoms with van der Waals surface area (Å²) in [4.78, 5) is 15.3. The third-order valence-electron chi connectivity index (χ3n) is 8.07. The molecule has 0 bridgehead atoms. The van der Waals surface area contributed by atoms with Gasteiger partial charge in [0.05, 0.1) is 14.2 Å². The highest BCUT2D eigenvalue weighted by Gasteiger charge is 2.50. The van der Waals surface area contributed by atoms with Gasteiger partial charge in [0.2, 0.25) is 0 Å². The third kappa shape index (κ3) is 4.65. The monoisotopic (exact) mass is 485 g/mol. The number of ether oxygens (including phenoxy) is 2. The van der Waals surface area contributed by atoms with Crippen molar-refractivity contribution in [3.05, 3.63) is 78.4 Å². The van der Waals surface area contributed by atoms with Crippen molar-refractivity contribution in [1.29, 1.82) is 0 Å². The summed E-state index contributed by atoms with van der Waals surface area (Å²) in [6.45, 7) is 1.05. The number of carbonyl (C=O) groups excluding carboxylic acids is 1. The molecule has 2 N–H and O–H groups in total. The highest BCUT2D eigenvalue weighted by Crippen LogP contribution is 2.49. The van der Waals surface area contributed by atoms with Gasteiger partial charge in [-0.25, -0.2) is 4.79 Å². The highest BCUT2D eigenvalue weighted by molar-refractivity contribution is 5.89. The Morgan fingerprint density at radius 1 is 0.917 bits per heavy atom. The number of hydrogen-bond acceptors (Lipinski definition) is 4. The second-order valence-corrected chi connectivity index (χ2v) is 9.99. The third-order valence-corrected chi connectivity index (χ3v) is 8.07. The molecule has 1 saturated carbocycles. The summed E-state index contributed by atoms with van der Waals surface area (Å²) < 4.78 is 11.1. The van der Waals surface area contributed by atoms with Gasteiger partial charge >= 0.3 is 6.03 Å². The topological polar surface area (TPSA) is 62.8 Å². The minimum Gasteiger partial charge on any atom is -0.493 e. The van der Waals surface area contributed by atoms with Gasteiger partial charge in [0.15, 0.2) is 11.5 Å². The van der Waals surface area contributed by atoms with Crippen LogP contribution in [-0.2, 0) is 5.41 Å². The van der Waals surface area contributed by atoms with Crippen molar-refractivity contribution in [2.24, 2.45) is 0 Å². The van der Waals surface area contributed by atoms with E-state index < -0.39 is 0 Å². The molecule has 0 unspecified atom stereocenters. The number of rotatable bonds is 6. The molecular weight excluding hydrogens is 450 g/mol. The number of benzene rings is 3. The van der Waals surface area contributed by atoms with Gasteiger partial charge < -0.3 is 25.0 Å². The number of anilines is 1. The molecule has 6 heteroatoms. The maximum Gasteiger partial charge on any atom is 0.319 e. The fourth-order valence-electron chi connectivity index (χ4n) is 6.12. The molecule has 0 aromatic heterocycles. The van der Waals surface area contributed by atoms with Gasteiger partial charge in [-0.3, -0.25) is 0 Å². The van der Waals surface area contributed by atoms with Crippen LogP contribution in [0.15, 0.2) is 72.8 Å².